The minimum Gasteiger partial charge on any atom is -0.493 e. The Morgan fingerprint density at radius 1 is 0.913 bits per heavy atom. The standard InChI is InChI=1S/C17H19BrFNO3/c1-21-15-7-4-11(16(22-2)17(15)23-3)9-20-10-12-8-13(18)5-6-14(12)19/h4-8,20H,9-10H2,1-3H3. The first-order valence-electron chi connectivity index (χ1n) is 7.03. The molecule has 1 N–H and O–H groups in total. The predicted molar refractivity (Wildman–Crippen MR) is 90.7 cm³/mol. The molecule has 23 heavy (non-hydrogen) atoms. The van der Waals surface area contributed by atoms with Crippen LogP contribution in [0.15, 0.2) is 34.8 Å². The van der Waals surface area contributed by atoms with Crippen LogP contribution in [0.5, 0.6) is 17.2 Å². The van der Waals surface area contributed by atoms with E-state index >= 15 is 0 Å². The van der Waals surface area contributed by atoms with Gasteiger partial charge in [0.2, 0.25) is 5.75 Å². The summed E-state index contributed by atoms with van der Waals surface area (Å²) in [5, 5.41) is 3.21. The molecule has 0 heterocycles. The van der Waals surface area contributed by atoms with Gasteiger partial charge in [0.25, 0.3) is 0 Å². The molecule has 0 bridgehead atoms. The van der Waals surface area contributed by atoms with Crippen molar-refractivity contribution in [1.29, 1.82) is 0 Å². The first-order valence-corrected chi connectivity index (χ1v) is 7.82. The Balaban J connectivity index is 2.13. The molecule has 0 atom stereocenters. The molecule has 124 valence electrons. The van der Waals surface area contributed by atoms with Crippen molar-refractivity contribution in [2.24, 2.45) is 0 Å². The summed E-state index contributed by atoms with van der Waals surface area (Å²) in [6, 6.07) is 8.59. The second-order valence-corrected chi connectivity index (χ2v) is 5.75. The van der Waals surface area contributed by atoms with Crippen LogP contribution < -0.4 is 19.5 Å². The monoisotopic (exact) mass is 383 g/mol. The van der Waals surface area contributed by atoms with Crippen LogP contribution in [0, 0.1) is 5.82 Å². The zero-order chi connectivity index (χ0) is 16.8. The number of nitrogens with one attached hydrogen (secondary N) is 1. The third-order valence-corrected chi connectivity index (χ3v) is 3.92. The molecule has 2 rings (SSSR count). The molecule has 2 aromatic carbocycles. The zero-order valence-electron chi connectivity index (χ0n) is 13.3. The van der Waals surface area contributed by atoms with Gasteiger partial charge in [-0.1, -0.05) is 22.0 Å². The van der Waals surface area contributed by atoms with Crippen LogP contribution in [0.4, 0.5) is 4.39 Å². The van der Waals surface area contributed by atoms with Crippen LogP contribution in [-0.2, 0) is 13.1 Å². The Morgan fingerprint density at radius 2 is 1.61 bits per heavy atom. The maximum atomic E-state index is 13.7. The summed E-state index contributed by atoms with van der Waals surface area (Å²) in [4.78, 5) is 0. The first kappa shape index (κ1) is 17.6. The summed E-state index contributed by atoms with van der Waals surface area (Å²) >= 11 is 3.35. The number of halogens is 2. The molecular formula is C17H19BrFNO3. The van der Waals surface area contributed by atoms with Gasteiger partial charge in [0, 0.05) is 28.7 Å². The smallest absolute Gasteiger partial charge is 0.203 e. The third-order valence-electron chi connectivity index (χ3n) is 3.42. The summed E-state index contributed by atoms with van der Waals surface area (Å²) < 4.78 is 30.6. The number of methoxy groups -OCH3 is 3. The molecule has 0 aliphatic rings. The quantitative estimate of drug-likeness (QED) is 0.786. The Morgan fingerprint density at radius 3 is 2.26 bits per heavy atom. The van der Waals surface area contributed by atoms with Gasteiger partial charge in [-0.25, -0.2) is 4.39 Å². The molecule has 0 unspecified atom stereocenters. The average molecular weight is 384 g/mol. The maximum absolute atomic E-state index is 13.7. The fraction of sp³-hybridized carbons (Fsp3) is 0.294. The van der Waals surface area contributed by atoms with E-state index in [9.17, 15) is 4.39 Å². The van der Waals surface area contributed by atoms with Gasteiger partial charge in [-0.05, 0) is 24.3 Å². The summed E-state index contributed by atoms with van der Waals surface area (Å²) in [5.74, 6) is 1.52. The SMILES string of the molecule is COc1ccc(CNCc2cc(Br)ccc2F)c(OC)c1OC. The van der Waals surface area contributed by atoms with Crippen LogP contribution >= 0.6 is 15.9 Å². The van der Waals surface area contributed by atoms with Crippen molar-refractivity contribution < 1.29 is 18.6 Å². The molecule has 0 spiro atoms. The molecule has 0 amide bonds. The second kappa shape index (κ2) is 8.17. The molecule has 6 heteroatoms. The van der Waals surface area contributed by atoms with E-state index in [0.717, 1.165) is 10.0 Å². The highest BCUT2D eigenvalue weighted by molar-refractivity contribution is 9.10. The van der Waals surface area contributed by atoms with Gasteiger partial charge in [0.15, 0.2) is 11.5 Å². The maximum Gasteiger partial charge on any atom is 0.203 e. The average Bonchev–Trinajstić information content (AvgIpc) is 2.57. The van der Waals surface area contributed by atoms with E-state index in [2.05, 4.69) is 21.2 Å². The lowest BCUT2D eigenvalue weighted by molar-refractivity contribution is 0.321. The zero-order valence-corrected chi connectivity index (χ0v) is 14.9. The summed E-state index contributed by atoms with van der Waals surface area (Å²) in [6.45, 7) is 0.915. The van der Waals surface area contributed by atoms with Gasteiger partial charge in [0.05, 0.1) is 21.3 Å². The number of ether oxygens (including phenoxy) is 3. The Kier molecular flexibility index (Phi) is 6.24. The largest absolute Gasteiger partial charge is 0.493 e. The van der Waals surface area contributed by atoms with Crippen molar-refractivity contribution >= 4 is 15.9 Å². The van der Waals surface area contributed by atoms with Gasteiger partial charge >= 0.3 is 0 Å². The van der Waals surface area contributed by atoms with Crippen molar-refractivity contribution in [2.45, 2.75) is 13.1 Å². The summed E-state index contributed by atoms with van der Waals surface area (Å²) in [5.41, 5.74) is 1.50. The number of rotatable bonds is 7. The van der Waals surface area contributed by atoms with Crippen LogP contribution in [0.2, 0.25) is 0 Å². The van der Waals surface area contributed by atoms with Crippen LogP contribution in [-0.4, -0.2) is 21.3 Å². The minimum atomic E-state index is -0.236. The number of hydrogen-bond donors (Lipinski definition) is 1. The lowest BCUT2D eigenvalue weighted by Crippen LogP contribution is -2.14. The summed E-state index contributed by atoms with van der Waals surface area (Å²) in [6.07, 6.45) is 0. The van der Waals surface area contributed by atoms with Crippen molar-refractivity contribution in [2.75, 3.05) is 21.3 Å². The molecule has 0 aliphatic heterocycles. The van der Waals surface area contributed by atoms with E-state index in [0.29, 0.717) is 35.9 Å². The molecule has 0 saturated heterocycles. The Hall–Kier alpha value is -1.79. The van der Waals surface area contributed by atoms with Crippen molar-refractivity contribution in [1.82, 2.24) is 5.32 Å². The van der Waals surface area contributed by atoms with Gasteiger partial charge in [0.1, 0.15) is 5.82 Å². The van der Waals surface area contributed by atoms with Gasteiger partial charge in [-0.2, -0.15) is 0 Å². The van der Waals surface area contributed by atoms with Crippen LogP contribution in [0.1, 0.15) is 11.1 Å². The van der Waals surface area contributed by atoms with E-state index in [1.807, 2.05) is 12.1 Å². The first-order chi connectivity index (χ1) is 11.1. The van der Waals surface area contributed by atoms with E-state index in [4.69, 9.17) is 14.2 Å². The molecule has 0 fully saturated rings. The fourth-order valence-corrected chi connectivity index (χ4v) is 2.72. The molecule has 0 aliphatic carbocycles. The number of hydrogen-bond acceptors (Lipinski definition) is 4. The van der Waals surface area contributed by atoms with E-state index < -0.39 is 0 Å². The van der Waals surface area contributed by atoms with Gasteiger partial charge < -0.3 is 19.5 Å². The van der Waals surface area contributed by atoms with Crippen LogP contribution in [0.25, 0.3) is 0 Å². The minimum absolute atomic E-state index is 0.236. The second-order valence-electron chi connectivity index (χ2n) is 4.83. The molecule has 0 radical (unpaired) electrons. The number of benzene rings is 2. The van der Waals surface area contributed by atoms with Crippen LogP contribution in [0.3, 0.4) is 0 Å². The lowest BCUT2D eigenvalue weighted by Gasteiger charge is -2.16. The molecular weight excluding hydrogens is 365 g/mol. The van der Waals surface area contributed by atoms with Gasteiger partial charge in [-0.15, -0.1) is 0 Å². The fourth-order valence-electron chi connectivity index (χ4n) is 2.31. The van der Waals surface area contributed by atoms with E-state index in [-0.39, 0.29) is 5.82 Å². The topological polar surface area (TPSA) is 39.7 Å². The highest BCUT2D eigenvalue weighted by atomic mass is 79.9. The highest BCUT2D eigenvalue weighted by Gasteiger charge is 2.15. The van der Waals surface area contributed by atoms with E-state index in [1.165, 1.54) is 6.07 Å². The highest BCUT2D eigenvalue weighted by Crippen LogP contribution is 2.39. The molecule has 0 aromatic heterocycles. The van der Waals surface area contributed by atoms with Crippen molar-refractivity contribution in [3.63, 3.8) is 0 Å². The van der Waals surface area contributed by atoms with Crippen molar-refractivity contribution in [3.8, 4) is 17.2 Å². The third kappa shape index (κ3) is 4.14. The molecule has 0 saturated carbocycles. The Labute approximate surface area is 143 Å². The van der Waals surface area contributed by atoms with E-state index in [1.54, 1.807) is 33.5 Å². The molecule has 4 nitrogen and oxygen atoms in total. The molecule has 2 aromatic rings. The van der Waals surface area contributed by atoms with Crippen molar-refractivity contribution in [3.05, 3.63) is 51.7 Å². The normalized spacial score (nSPS) is 10.5. The summed E-state index contributed by atoms with van der Waals surface area (Å²) in [7, 11) is 4.72. The predicted octanol–water partition coefficient (Wildman–Crippen LogP) is 3.90. The van der Waals surface area contributed by atoms with Gasteiger partial charge in [-0.3, -0.25) is 0 Å². The Bertz CT molecular complexity index is 679. The lowest BCUT2D eigenvalue weighted by atomic mass is 10.1.